The van der Waals surface area contributed by atoms with E-state index in [1.165, 1.54) is 4.70 Å². The molecule has 0 aliphatic carbocycles. The van der Waals surface area contributed by atoms with Crippen LogP contribution in [0.1, 0.15) is 24.3 Å². The number of hydrogen-bond acceptors (Lipinski definition) is 4. The zero-order valence-electron chi connectivity index (χ0n) is 13.7. The summed E-state index contributed by atoms with van der Waals surface area (Å²) < 4.78 is 1.23. The fourth-order valence-electron chi connectivity index (χ4n) is 2.83. The van der Waals surface area contributed by atoms with Crippen molar-refractivity contribution < 1.29 is 4.79 Å². The molecule has 25 heavy (non-hydrogen) atoms. The molecule has 126 valence electrons. The predicted octanol–water partition coefficient (Wildman–Crippen LogP) is 4.52. The van der Waals surface area contributed by atoms with E-state index in [9.17, 15) is 4.79 Å². The quantitative estimate of drug-likeness (QED) is 0.502. The van der Waals surface area contributed by atoms with Crippen LogP contribution in [0.3, 0.4) is 0 Å². The number of hydrogen-bond donors (Lipinski definition) is 2. The molecule has 6 heteroatoms. The van der Waals surface area contributed by atoms with Crippen molar-refractivity contribution in [3.63, 3.8) is 0 Å². The van der Waals surface area contributed by atoms with E-state index in [1.54, 1.807) is 17.5 Å². The molecular weight excluding hydrogens is 332 g/mol. The van der Waals surface area contributed by atoms with Gasteiger partial charge < -0.3 is 5.32 Å². The van der Waals surface area contributed by atoms with Gasteiger partial charge in [-0.15, -0.1) is 11.3 Å². The third kappa shape index (κ3) is 3.69. The maximum Gasteiger partial charge on any atom is 0.224 e. The van der Waals surface area contributed by atoms with E-state index in [-0.39, 0.29) is 5.91 Å². The summed E-state index contributed by atoms with van der Waals surface area (Å²) in [5.74, 6) is 0.0483. The largest absolute Gasteiger partial charge is 0.326 e. The van der Waals surface area contributed by atoms with Crippen molar-refractivity contribution in [3.8, 4) is 0 Å². The Bertz CT molecular complexity index is 987. The lowest BCUT2D eigenvalue weighted by Gasteiger charge is -2.05. The third-order valence-corrected chi connectivity index (χ3v) is 5.20. The van der Waals surface area contributed by atoms with Crippen LogP contribution in [0, 0.1) is 0 Å². The molecule has 0 fully saturated rings. The lowest BCUT2D eigenvalue weighted by Crippen LogP contribution is -2.11. The van der Waals surface area contributed by atoms with Crippen LogP contribution in [-0.2, 0) is 11.2 Å². The zero-order chi connectivity index (χ0) is 17.1. The second kappa shape index (κ2) is 7.03. The Balaban J connectivity index is 1.25. The lowest BCUT2D eigenvalue weighted by atomic mass is 10.2. The summed E-state index contributed by atoms with van der Waals surface area (Å²) >= 11 is 1.74. The fraction of sp³-hybridized carbons (Fsp3) is 0.211. The van der Waals surface area contributed by atoms with E-state index in [4.69, 9.17) is 0 Å². The number of para-hydroxylation sites is 1. The Kier molecular flexibility index (Phi) is 4.43. The second-order valence-electron chi connectivity index (χ2n) is 6.00. The van der Waals surface area contributed by atoms with Crippen molar-refractivity contribution in [1.29, 1.82) is 0 Å². The van der Waals surface area contributed by atoms with E-state index in [0.717, 1.165) is 46.4 Å². The highest BCUT2D eigenvalue weighted by atomic mass is 32.1. The smallest absolute Gasteiger partial charge is 0.224 e. The number of aromatic nitrogens is 3. The van der Waals surface area contributed by atoms with Crippen LogP contribution in [0.15, 0.2) is 48.7 Å². The number of carbonyl (C=O) groups is 1. The lowest BCUT2D eigenvalue weighted by molar-refractivity contribution is -0.116. The molecule has 2 heterocycles. The minimum absolute atomic E-state index is 0.0483. The first kappa shape index (κ1) is 15.8. The van der Waals surface area contributed by atoms with Gasteiger partial charge >= 0.3 is 0 Å². The molecule has 2 N–H and O–H groups in total. The van der Waals surface area contributed by atoms with E-state index < -0.39 is 0 Å². The number of rotatable bonds is 6. The van der Waals surface area contributed by atoms with Gasteiger partial charge in [-0.25, -0.2) is 4.98 Å². The summed E-state index contributed by atoms with van der Waals surface area (Å²) in [5, 5.41) is 12.0. The average molecular weight is 350 g/mol. The number of H-pyrrole nitrogens is 1. The Hall–Kier alpha value is -2.73. The van der Waals surface area contributed by atoms with Gasteiger partial charge in [-0.3, -0.25) is 9.89 Å². The van der Waals surface area contributed by atoms with Crippen LogP contribution in [-0.4, -0.2) is 21.1 Å². The van der Waals surface area contributed by atoms with Crippen LogP contribution in [0.25, 0.3) is 21.1 Å². The third-order valence-electron chi connectivity index (χ3n) is 4.11. The Morgan fingerprint density at radius 3 is 3.00 bits per heavy atom. The summed E-state index contributed by atoms with van der Waals surface area (Å²) in [4.78, 5) is 16.7. The van der Waals surface area contributed by atoms with Gasteiger partial charge in [0.25, 0.3) is 0 Å². The highest BCUT2D eigenvalue weighted by Crippen LogP contribution is 2.23. The van der Waals surface area contributed by atoms with Crippen LogP contribution in [0.5, 0.6) is 0 Å². The highest BCUT2D eigenvalue weighted by molar-refractivity contribution is 7.18. The normalized spacial score (nSPS) is 11.2. The molecule has 5 nitrogen and oxygen atoms in total. The van der Waals surface area contributed by atoms with Crippen molar-refractivity contribution in [2.45, 2.75) is 25.7 Å². The molecule has 0 spiro atoms. The molecule has 2 aromatic carbocycles. The number of nitrogens with zero attached hydrogens (tertiary/aromatic N) is 2. The molecule has 0 atom stereocenters. The SMILES string of the molecule is O=C(CCCCc1nc2ccccc2s1)Nc1ccc2[nH]ncc2c1. The number of carbonyl (C=O) groups excluding carboxylic acids is 1. The van der Waals surface area contributed by atoms with Gasteiger partial charge in [0.05, 0.1) is 26.9 Å². The molecule has 4 rings (SSSR count). The van der Waals surface area contributed by atoms with Crippen LogP contribution < -0.4 is 5.32 Å². The minimum atomic E-state index is 0.0483. The second-order valence-corrected chi connectivity index (χ2v) is 7.12. The van der Waals surface area contributed by atoms with Crippen molar-refractivity contribution >= 4 is 44.1 Å². The number of anilines is 1. The minimum Gasteiger partial charge on any atom is -0.326 e. The maximum atomic E-state index is 12.1. The summed E-state index contributed by atoms with van der Waals surface area (Å²) in [5.41, 5.74) is 2.84. The van der Waals surface area contributed by atoms with E-state index in [0.29, 0.717) is 6.42 Å². The van der Waals surface area contributed by atoms with Crippen molar-refractivity contribution in [2.75, 3.05) is 5.32 Å². The number of benzene rings is 2. The van der Waals surface area contributed by atoms with Crippen molar-refractivity contribution in [3.05, 3.63) is 53.7 Å². The predicted molar refractivity (Wildman–Crippen MR) is 102 cm³/mol. The number of thiazole rings is 1. The van der Waals surface area contributed by atoms with Gasteiger partial charge in [-0.2, -0.15) is 5.10 Å². The molecular formula is C19H18N4OS. The maximum absolute atomic E-state index is 12.1. The van der Waals surface area contributed by atoms with E-state index in [1.807, 2.05) is 36.4 Å². The standard InChI is InChI=1S/C19H18N4OS/c24-18(21-14-9-10-15-13(11-14)12-20-23-15)7-3-4-8-19-22-16-5-1-2-6-17(16)25-19/h1-2,5-6,9-12H,3-4,7-8H2,(H,20,23)(H,21,24). The number of nitrogens with one attached hydrogen (secondary N) is 2. The van der Waals surface area contributed by atoms with E-state index >= 15 is 0 Å². The zero-order valence-corrected chi connectivity index (χ0v) is 14.5. The highest BCUT2D eigenvalue weighted by Gasteiger charge is 2.06. The Morgan fingerprint density at radius 1 is 1.16 bits per heavy atom. The summed E-state index contributed by atoms with van der Waals surface area (Å²) in [6.45, 7) is 0. The first-order chi connectivity index (χ1) is 12.3. The molecule has 0 aliphatic heterocycles. The number of fused-ring (bicyclic) bond motifs is 2. The van der Waals surface area contributed by atoms with Crippen LogP contribution in [0.4, 0.5) is 5.69 Å². The number of amides is 1. The summed E-state index contributed by atoms with van der Waals surface area (Å²) in [7, 11) is 0. The fourth-order valence-corrected chi connectivity index (χ4v) is 3.84. The Morgan fingerprint density at radius 2 is 2.08 bits per heavy atom. The summed E-state index contributed by atoms with van der Waals surface area (Å²) in [6, 6.07) is 13.9. The van der Waals surface area contributed by atoms with Crippen LogP contribution >= 0.6 is 11.3 Å². The topological polar surface area (TPSA) is 70.7 Å². The molecule has 0 bridgehead atoms. The first-order valence-electron chi connectivity index (χ1n) is 8.35. The molecule has 0 aliphatic rings. The van der Waals surface area contributed by atoms with Crippen molar-refractivity contribution in [1.82, 2.24) is 15.2 Å². The van der Waals surface area contributed by atoms with Gasteiger partial charge in [0, 0.05) is 17.5 Å². The molecule has 1 amide bonds. The first-order valence-corrected chi connectivity index (χ1v) is 9.17. The number of aryl methyl sites for hydroxylation is 1. The molecule has 4 aromatic rings. The molecule has 0 saturated heterocycles. The average Bonchev–Trinajstić information content (AvgIpc) is 3.24. The van der Waals surface area contributed by atoms with Gasteiger partial charge in [-0.1, -0.05) is 12.1 Å². The molecule has 0 unspecified atom stereocenters. The molecule has 2 aromatic heterocycles. The molecule has 0 saturated carbocycles. The van der Waals surface area contributed by atoms with Gasteiger partial charge in [0.1, 0.15) is 0 Å². The van der Waals surface area contributed by atoms with Gasteiger partial charge in [0.2, 0.25) is 5.91 Å². The number of aromatic amines is 1. The summed E-state index contributed by atoms with van der Waals surface area (Å²) in [6.07, 6.45) is 5.02. The van der Waals surface area contributed by atoms with E-state index in [2.05, 4.69) is 26.6 Å². The number of unbranched alkanes of at least 4 members (excludes halogenated alkanes) is 1. The molecule has 0 radical (unpaired) electrons. The Labute approximate surface area is 149 Å². The van der Waals surface area contributed by atoms with Crippen LogP contribution in [0.2, 0.25) is 0 Å². The monoisotopic (exact) mass is 350 g/mol. The van der Waals surface area contributed by atoms with Gasteiger partial charge in [-0.05, 0) is 49.6 Å². The van der Waals surface area contributed by atoms with Gasteiger partial charge in [0.15, 0.2) is 0 Å². The van der Waals surface area contributed by atoms with Crippen molar-refractivity contribution in [2.24, 2.45) is 0 Å².